The Morgan fingerprint density at radius 2 is 1.85 bits per heavy atom. The Kier molecular flexibility index (Phi) is 4.95. The van der Waals surface area contributed by atoms with Crippen LogP contribution in [0.15, 0.2) is 18.2 Å². The molecular weight excluding hydrogens is 252 g/mol. The van der Waals surface area contributed by atoms with Crippen LogP contribution in [0.3, 0.4) is 0 Å². The third-order valence-electron chi connectivity index (χ3n) is 3.56. The van der Waals surface area contributed by atoms with Gasteiger partial charge in [-0.1, -0.05) is 0 Å². The highest BCUT2D eigenvalue weighted by Crippen LogP contribution is 2.22. The van der Waals surface area contributed by atoms with Crippen molar-refractivity contribution in [3.8, 4) is 17.9 Å². The quantitative estimate of drug-likeness (QED) is 0.769. The standard InChI is InChI=1S/C15H18N4O/c1-20-15-3-2-13(11-17)10-14(15)12-19-8-6-18(5-4-16)7-9-19/h2-3,10H,5-9,12H2,1H3. The molecule has 104 valence electrons. The molecule has 20 heavy (non-hydrogen) atoms. The van der Waals surface area contributed by atoms with E-state index in [1.54, 1.807) is 13.2 Å². The maximum absolute atomic E-state index is 8.98. The Bertz CT molecular complexity index is 536. The van der Waals surface area contributed by atoms with Gasteiger partial charge in [0.25, 0.3) is 0 Å². The molecule has 0 atom stereocenters. The molecule has 0 spiro atoms. The smallest absolute Gasteiger partial charge is 0.123 e. The Morgan fingerprint density at radius 3 is 2.45 bits per heavy atom. The Balaban J connectivity index is 2.01. The lowest BCUT2D eigenvalue weighted by molar-refractivity contribution is 0.137. The molecule has 5 nitrogen and oxygen atoms in total. The second kappa shape index (κ2) is 6.91. The van der Waals surface area contributed by atoms with E-state index in [2.05, 4.69) is 21.9 Å². The fourth-order valence-corrected chi connectivity index (χ4v) is 2.42. The molecule has 0 saturated carbocycles. The van der Waals surface area contributed by atoms with Crippen LogP contribution in [0, 0.1) is 22.7 Å². The lowest BCUT2D eigenvalue weighted by atomic mass is 10.1. The Labute approximate surface area is 119 Å². The number of hydrogen-bond acceptors (Lipinski definition) is 5. The zero-order chi connectivity index (χ0) is 14.4. The van der Waals surface area contributed by atoms with Gasteiger partial charge >= 0.3 is 0 Å². The summed E-state index contributed by atoms with van der Waals surface area (Å²) in [6, 6.07) is 9.86. The molecule has 1 aromatic carbocycles. The number of rotatable bonds is 4. The van der Waals surface area contributed by atoms with Gasteiger partial charge in [0, 0.05) is 38.3 Å². The van der Waals surface area contributed by atoms with Crippen molar-refractivity contribution in [2.45, 2.75) is 6.54 Å². The fraction of sp³-hybridized carbons (Fsp3) is 0.467. The van der Waals surface area contributed by atoms with E-state index >= 15 is 0 Å². The number of hydrogen-bond donors (Lipinski definition) is 0. The summed E-state index contributed by atoms with van der Waals surface area (Å²) in [5, 5.41) is 17.7. The van der Waals surface area contributed by atoms with Crippen LogP contribution >= 0.6 is 0 Å². The van der Waals surface area contributed by atoms with E-state index in [0.29, 0.717) is 12.1 Å². The van der Waals surface area contributed by atoms with Crippen molar-refractivity contribution in [1.29, 1.82) is 10.5 Å². The molecule has 0 aromatic heterocycles. The van der Waals surface area contributed by atoms with Gasteiger partial charge in [-0.3, -0.25) is 9.80 Å². The normalized spacial score (nSPS) is 16.4. The molecule has 5 heteroatoms. The average Bonchev–Trinajstić information content (AvgIpc) is 2.49. The molecule has 0 aliphatic carbocycles. The van der Waals surface area contributed by atoms with Crippen LogP contribution in [0.25, 0.3) is 0 Å². The summed E-state index contributed by atoms with van der Waals surface area (Å²) in [7, 11) is 1.65. The third-order valence-corrected chi connectivity index (χ3v) is 3.56. The summed E-state index contributed by atoms with van der Waals surface area (Å²) in [6.45, 7) is 4.96. The maximum Gasteiger partial charge on any atom is 0.123 e. The van der Waals surface area contributed by atoms with Crippen LogP contribution < -0.4 is 4.74 Å². The molecule has 1 fully saturated rings. The monoisotopic (exact) mass is 270 g/mol. The predicted molar refractivity (Wildman–Crippen MR) is 75.0 cm³/mol. The summed E-state index contributed by atoms with van der Waals surface area (Å²) in [4.78, 5) is 4.48. The lowest BCUT2D eigenvalue weighted by Crippen LogP contribution is -2.45. The third kappa shape index (κ3) is 3.48. The van der Waals surface area contributed by atoms with Crippen LogP contribution in [0.2, 0.25) is 0 Å². The van der Waals surface area contributed by atoms with E-state index < -0.39 is 0 Å². The van der Waals surface area contributed by atoms with Crippen molar-refractivity contribution in [2.24, 2.45) is 0 Å². The second-order valence-corrected chi connectivity index (χ2v) is 4.85. The molecule has 1 aliphatic heterocycles. The SMILES string of the molecule is COc1ccc(C#N)cc1CN1CCN(CC#N)CC1. The van der Waals surface area contributed by atoms with Crippen molar-refractivity contribution in [3.63, 3.8) is 0 Å². The van der Waals surface area contributed by atoms with Crippen molar-refractivity contribution >= 4 is 0 Å². The van der Waals surface area contributed by atoms with E-state index in [-0.39, 0.29) is 0 Å². The molecule has 0 unspecified atom stereocenters. The van der Waals surface area contributed by atoms with Gasteiger partial charge in [-0.2, -0.15) is 10.5 Å². The number of nitrogens with zero attached hydrogens (tertiary/aromatic N) is 4. The van der Waals surface area contributed by atoms with E-state index in [0.717, 1.165) is 44.0 Å². The van der Waals surface area contributed by atoms with Crippen molar-refractivity contribution in [3.05, 3.63) is 29.3 Å². The predicted octanol–water partition coefficient (Wildman–Crippen LogP) is 1.21. The minimum absolute atomic E-state index is 0.501. The van der Waals surface area contributed by atoms with Crippen molar-refractivity contribution in [2.75, 3.05) is 39.8 Å². The van der Waals surface area contributed by atoms with E-state index in [9.17, 15) is 0 Å². The number of nitriles is 2. The molecule has 1 aromatic rings. The van der Waals surface area contributed by atoms with Crippen molar-refractivity contribution in [1.82, 2.24) is 9.80 Å². The minimum atomic E-state index is 0.501. The number of ether oxygens (including phenoxy) is 1. The number of benzene rings is 1. The molecule has 1 aliphatic rings. The highest BCUT2D eigenvalue weighted by Gasteiger charge is 2.18. The van der Waals surface area contributed by atoms with Crippen molar-refractivity contribution < 1.29 is 4.74 Å². The summed E-state index contributed by atoms with van der Waals surface area (Å²) < 4.78 is 5.36. The molecule has 0 radical (unpaired) electrons. The highest BCUT2D eigenvalue weighted by atomic mass is 16.5. The van der Waals surface area contributed by atoms with Gasteiger partial charge in [0.1, 0.15) is 5.75 Å². The molecule has 2 rings (SSSR count). The van der Waals surface area contributed by atoms with Gasteiger partial charge in [-0.25, -0.2) is 0 Å². The Hall–Kier alpha value is -2.08. The largest absolute Gasteiger partial charge is 0.496 e. The van der Waals surface area contributed by atoms with Gasteiger partial charge in [-0.05, 0) is 18.2 Å². The Morgan fingerprint density at radius 1 is 1.15 bits per heavy atom. The van der Waals surface area contributed by atoms with Gasteiger partial charge in [0.15, 0.2) is 0 Å². The highest BCUT2D eigenvalue weighted by molar-refractivity contribution is 5.42. The molecule has 0 amide bonds. The summed E-state index contributed by atoms with van der Waals surface area (Å²) in [5.41, 5.74) is 1.70. The summed E-state index contributed by atoms with van der Waals surface area (Å²) in [6.07, 6.45) is 0. The summed E-state index contributed by atoms with van der Waals surface area (Å²) in [5.74, 6) is 0.823. The van der Waals surface area contributed by atoms with Crippen LogP contribution in [0.4, 0.5) is 0 Å². The molecular formula is C15H18N4O. The molecule has 0 N–H and O–H groups in total. The topological polar surface area (TPSA) is 63.3 Å². The first kappa shape index (κ1) is 14.3. The first-order valence-electron chi connectivity index (χ1n) is 6.65. The van der Waals surface area contributed by atoms with Crippen LogP contribution in [0.5, 0.6) is 5.75 Å². The zero-order valence-electron chi connectivity index (χ0n) is 11.7. The average molecular weight is 270 g/mol. The van der Waals surface area contributed by atoms with E-state index in [1.807, 2.05) is 12.1 Å². The van der Waals surface area contributed by atoms with Gasteiger partial charge < -0.3 is 4.74 Å². The van der Waals surface area contributed by atoms with Crippen LogP contribution in [-0.4, -0.2) is 49.6 Å². The van der Waals surface area contributed by atoms with Crippen LogP contribution in [-0.2, 0) is 6.54 Å². The minimum Gasteiger partial charge on any atom is -0.496 e. The van der Waals surface area contributed by atoms with E-state index in [1.165, 1.54) is 0 Å². The molecule has 0 bridgehead atoms. The van der Waals surface area contributed by atoms with Gasteiger partial charge in [0.2, 0.25) is 0 Å². The summed E-state index contributed by atoms with van der Waals surface area (Å²) >= 11 is 0. The fourth-order valence-electron chi connectivity index (χ4n) is 2.42. The maximum atomic E-state index is 8.98. The van der Waals surface area contributed by atoms with E-state index in [4.69, 9.17) is 15.3 Å². The second-order valence-electron chi connectivity index (χ2n) is 4.85. The number of methoxy groups -OCH3 is 1. The molecule has 1 saturated heterocycles. The lowest BCUT2D eigenvalue weighted by Gasteiger charge is -2.33. The van der Waals surface area contributed by atoms with Gasteiger partial charge in [0.05, 0.1) is 31.4 Å². The first-order chi connectivity index (χ1) is 9.76. The first-order valence-corrected chi connectivity index (χ1v) is 6.65. The molecule has 1 heterocycles. The van der Waals surface area contributed by atoms with Crippen LogP contribution in [0.1, 0.15) is 11.1 Å². The zero-order valence-corrected chi connectivity index (χ0v) is 11.7. The number of piperazine rings is 1. The van der Waals surface area contributed by atoms with Gasteiger partial charge in [-0.15, -0.1) is 0 Å².